The standard InChI is InChI=1S/C13H8Cl3F/c14-7-8-2-1-3-12(17)13(8)10-6-9(15)4-5-11(10)16/h1-6H,7H2. The molecule has 0 aliphatic heterocycles. The molecule has 0 aliphatic rings. The number of rotatable bonds is 2. The smallest absolute Gasteiger partial charge is 0.131 e. The van der Waals surface area contributed by atoms with E-state index < -0.39 is 0 Å². The lowest BCUT2D eigenvalue weighted by Crippen LogP contribution is -1.92. The van der Waals surface area contributed by atoms with Gasteiger partial charge >= 0.3 is 0 Å². The zero-order valence-corrected chi connectivity index (χ0v) is 11.0. The van der Waals surface area contributed by atoms with E-state index in [9.17, 15) is 4.39 Å². The van der Waals surface area contributed by atoms with Gasteiger partial charge in [-0.05, 0) is 29.8 Å². The predicted molar refractivity (Wildman–Crippen MR) is 71.4 cm³/mol. The van der Waals surface area contributed by atoms with Crippen LogP contribution >= 0.6 is 34.8 Å². The number of hydrogen-bond donors (Lipinski definition) is 0. The fraction of sp³-hybridized carbons (Fsp3) is 0.0769. The molecular weight excluding hydrogens is 282 g/mol. The average Bonchev–Trinajstić information content (AvgIpc) is 2.32. The lowest BCUT2D eigenvalue weighted by atomic mass is 10.00. The molecule has 0 saturated carbocycles. The van der Waals surface area contributed by atoms with Crippen LogP contribution < -0.4 is 0 Å². The lowest BCUT2D eigenvalue weighted by Gasteiger charge is -2.10. The molecule has 2 aromatic carbocycles. The Morgan fingerprint density at radius 3 is 2.53 bits per heavy atom. The molecule has 0 unspecified atom stereocenters. The van der Waals surface area contributed by atoms with Crippen LogP contribution in [0.2, 0.25) is 10.0 Å². The van der Waals surface area contributed by atoms with Gasteiger partial charge in [-0.2, -0.15) is 0 Å². The summed E-state index contributed by atoms with van der Waals surface area (Å²) in [6.45, 7) is 0. The number of halogens is 4. The van der Waals surface area contributed by atoms with Gasteiger partial charge < -0.3 is 0 Å². The summed E-state index contributed by atoms with van der Waals surface area (Å²) in [5, 5.41) is 0.957. The second-order valence-electron chi connectivity index (χ2n) is 3.53. The van der Waals surface area contributed by atoms with Crippen molar-refractivity contribution in [3.63, 3.8) is 0 Å². The van der Waals surface area contributed by atoms with E-state index in [1.54, 1.807) is 30.3 Å². The molecule has 0 N–H and O–H groups in total. The van der Waals surface area contributed by atoms with Gasteiger partial charge in [0.2, 0.25) is 0 Å². The Morgan fingerprint density at radius 2 is 1.82 bits per heavy atom. The maximum absolute atomic E-state index is 13.9. The molecular formula is C13H8Cl3F. The van der Waals surface area contributed by atoms with E-state index in [-0.39, 0.29) is 11.7 Å². The van der Waals surface area contributed by atoms with E-state index in [1.165, 1.54) is 6.07 Å². The van der Waals surface area contributed by atoms with Crippen LogP contribution in [0.15, 0.2) is 36.4 Å². The Labute approximate surface area is 114 Å². The molecule has 0 heterocycles. The monoisotopic (exact) mass is 288 g/mol. The van der Waals surface area contributed by atoms with Crippen LogP contribution in [0.5, 0.6) is 0 Å². The maximum atomic E-state index is 13.9. The van der Waals surface area contributed by atoms with E-state index in [0.29, 0.717) is 26.7 Å². The van der Waals surface area contributed by atoms with Gasteiger partial charge in [0.15, 0.2) is 0 Å². The van der Waals surface area contributed by atoms with Gasteiger partial charge in [-0.3, -0.25) is 0 Å². The molecule has 0 amide bonds. The highest BCUT2D eigenvalue weighted by molar-refractivity contribution is 6.35. The minimum atomic E-state index is -0.354. The lowest BCUT2D eigenvalue weighted by molar-refractivity contribution is 0.630. The first-order valence-corrected chi connectivity index (χ1v) is 6.21. The van der Waals surface area contributed by atoms with Crippen molar-refractivity contribution >= 4 is 34.8 Å². The quantitative estimate of drug-likeness (QED) is 0.637. The summed E-state index contributed by atoms with van der Waals surface area (Å²) in [5.41, 5.74) is 1.67. The Kier molecular flexibility index (Phi) is 3.93. The number of benzene rings is 2. The van der Waals surface area contributed by atoms with Crippen LogP contribution in [0.4, 0.5) is 4.39 Å². The van der Waals surface area contributed by atoms with Crippen molar-refractivity contribution in [1.82, 2.24) is 0 Å². The fourth-order valence-corrected chi connectivity index (χ4v) is 2.28. The zero-order valence-electron chi connectivity index (χ0n) is 8.68. The average molecular weight is 290 g/mol. The third kappa shape index (κ3) is 2.57. The molecule has 0 atom stereocenters. The highest BCUT2D eigenvalue weighted by atomic mass is 35.5. The molecule has 17 heavy (non-hydrogen) atoms. The van der Waals surface area contributed by atoms with Gasteiger partial charge in [-0.15, -0.1) is 11.6 Å². The second kappa shape index (κ2) is 5.26. The Balaban J connectivity index is 2.71. The minimum absolute atomic E-state index is 0.218. The highest BCUT2D eigenvalue weighted by Gasteiger charge is 2.13. The summed E-state index contributed by atoms with van der Waals surface area (Å²) in [6.07, 6.45) is 0. The van der Waals surface area contributed by atoms with Gasteiger partial charge in [0, 0.05) is 27.1 Å². The molecule has 4 heteroatoms. The number of hydrogen-bond acceptors (Lipinski definition) is 0. The molecule has 0 spiro atoms. The molecule has 0 saturated heterocycles. The molecule has 2 rings (SSSR count). The van der Waals surface area contributed by atoms with Gasteiger partial charge in [-0.25, -0.2) is 4.39 Å². The first kappa shape index (κ1) is 12.7. The largest absolute Gasteiger partial charge is 0.206 e. The van der Waals surface area contributed by atoms with Crippen molar-refractivity contribution in [1.29, 1.82) is 0 Å². The predicted octanol–water partition coefficient (Wildman–Crippen LogP) is 5.54. The molecule has 0 aromatic heterocycles. The topological polar surface area (TPSA) is 0 Å². The number of alkyl halides is 1. The Bertz CT molecular complexity index is 552. The van der Waals surface area contributed by atoms with E-state index in [1.807, 2.05) is 0 Å². The van der Waals surface area contributed by atoms with Crippen LogP contribution in [0.3, 0.4) is 0 Å². The third-order valence-corrected chi connectivity index (χ3v) is 3.29. The van der Waals surface area contributed by atoms with Gasteiger partial charge in [0.1, 0.15) is 5.82 Å². The normalized spacial score (nSPS) is 10.6. The zero-order chi connectivity index (χ0) is 12.4. The van der Waals surface area contributed by atoms with E-state index >= 15 is 0 Å². The summed E-state index contributed by atoms with van der Waals surface area (Å²) in [5.74, 6) is -0.136. The molecule has 0 radical (unpaired) electrons. The third-order valence-electron chi connectivity index (χ3n) is 2.44. The van der Waals surface area contributed by atoms with E-state index in [4.69, 9.17) is 34.8 Å². The van der Waals surface area contributed by atoms with E-state index in [2.05, 4.69) is 0 Å². The van der Waals surface area contributed by atoms with Crippen molar-refractivity contribution in [3.8, 4) is 11.1 Å². The first-order chi connectivity index (χ1) is 8.13. The molecule has 88 valence electrons. The van der Waals surface area contributed by atoms with Crippen LogP contribution in [0.1, 0.15) is 5.56 Å². The van der Waals surface area contributed by atoms with Crippen molar-refractivity contribution in [2.45, 2.75) is 5.88 Å². The second-order valence-corrected chi connectivity index (χ2v) is 4.64. The summed E-state index contributed by atoms with van der Waals surface area (Å²) < 4.78 is 13.9. The van der Waals surface area contributed by atoms with E-state index in [0.717, 1.165) is 0 Å². The van der Waals surface area contributed by atoms with Crippen molar-refractivity contribution in [2.24, 2.45) is 0 Å². The molecule has 0 bridgehead atoms. The Hall–Kier alpha value is -0.760. The Morgan fingerprint density at radius 1 is 1.06 bits per heavy atom. The summed E-state index contributed by atoms with van der Waals surface area (Å²) in [4.78, 5) is 0. The van der Waals surface area contributed by atoms with Gasteiger partial charge in [-0.1, -0.05) is 35.3 Å². The van der Waals surface area contributed by atoms with Crippen LogP contribution in [-0.2, 0) is 5.88 Å². The van der Waals surface area contributed by atoms with Crippen LogP contribution in [0.25, 0.3) is 11.1 Å². The van der Waals surface area contributed by atoms with Crippen molar-refractivity contribution in [2.75, 3.05) is 0 Å². The summed E-state index contributed by atoms with van der Waals surface area (Å²) >= 11 is 17.8. The molecule has 0 nitrogen and oxygen atoms in total. The minimum Gasteiger partial charge on any atom is -0.206 e. The van der Waals surface area contributed by atoms with Crippen LogP contribution in [-0.4, -0.2) is 0 Å². The SMILES string of the molecule is Fc1cccc(CCl)c1-c1cc(Cl)ccc1Cl. The first-order valence-electron chi connectivity index (χ1n) is 4.92. The molecule has 0 fully saturated rings. The van der Waals surface area contributed by atoms with Gasteiger partial charge in [0.05, 0.1) is 0 Å². The molecule has 0 aliphatic carbocycles. The molecule has 2 aromatic rings. The van der Waals surface area contributed by atoms with Crippen molar-refractivity contribution < 1.29 is 4.39 Å². The maximum Gasteiger partial charge on any atom is 0.131 e. The summed E-state index contributed by atoms with van der Waals surface area (Å²) in [7, 11) is 0. The van der Waals surface area contributed by atoms with Crippen molar-refractivity contribution in [3.05, 3.63) is 57.8 Å². The van der Waals surface area contributed by atoms with Crippen LogP contribution in [0, 0.1) is 5.82 Å². The fourth-order valence-electron chi connectivity index (χ4n) is 1.67. The highest BCUT2D eigenvalue weighted by Crippen LogP contribution is 2.35. The summed E-state index contributed by atoms with van der Waals surface area (Å²) in [6, 6.07) is 9.71. The van der Waals surface area contributed by atoms with Gasteiger partial charge in [0.25, 0.3) is 0 Å².